The first kappa shape index (κ1) is 9.26. The molecule has 78 valence electrons. The lowest BCUT2D eigenvalue weighted by atomic mass is 10.2. The Bertz CT molecular complexity index is 516. The SMILES string of the molecule is O=C1Oc2c(OCCCI)c3cc1c2o3. The van der Waals surface area contributed by atoms with Crippen LogP contribution in [-0.2, 0) is 0 Å². The Morgan fingerprint density at radius 2 is 2.33 bits per heavy atom. The molecule has 0 radical (unpaired) electrons. The summed E-state index contributed by atoms with van der Waals surface area (Å²) in [7, 11) is 0. The molecule has 0 amide bonds. The minimum atomic E-state index is -0.345. The summed E-state index contributed by atoms with van der Waals surface area (Å²) in [6, 6.07) is 1.67. The number of furan rings is 2. The van der Waals surface area contributed by atoms with E-state index in [-0.39, 0.29) is 5.97 Å². The van der Waals surface area contributed by atoms with Crippen molar-refractivity contribution in [2.75, 3.05) is 11.0 Å². The maximum absolute atomic E-state index is 11.3. The predicted molar refractivity (Wildman–Crippen MR) is 61.4 cm³/mol. The summed E-state index contributed by atoms with van der Waals surface area (Å²) in [6.07, 6.45) is 0.963. The lowest BCUT2D eigenvalue weighted by Gasteiger charge is -2.02. The lowest BCUT2D eigenvalue weighted by Crippen LogP contribution is -2.01. The monoisotopic (exact) mass is 318 g/mol. The van der Waals surface area contributed by atoms with Crippen LogP contribution >= 0.6 is 22.6 Å². The fourth-order valence-corrected chi connectivity index (χ4v) is 1.96. The molecule has 1 aliphatic rings. The number of alkyl halides is 1. The van der Waals surface area contributed by atoms with Crippen LogP contribution in [0.15, 0.2) is 10.5 Å². The van der Waals surface area contributed by atoms with E-state index in [2.05, 4.69) is 22.6 Å². The first-order valence-corrected chi connectivity index (χ1v) is 6.13. The zero-order valence-electron chi connectivity index (χ0n) is 7.71. The Hall–Kier alpha value is -0.980. The molecule has 0 aromatic carbocycles. The molecule has 3 heterocycles. The standard InChI is InChI=1S/C10H7IO4/c11-2-1-3-13-8-6-4-5-7(14-6)9(8)15-10(5)12/h4H,1-3H2. The number of esters is 1. The number of rotatable bonds is 4. The average molecular weight is 318 g/mol. The van der Waals surface area contributed by atoms with Crippen LogP contribution in [0.5, 0.6) is 11.5 Å². The van der Waals surface area contributed by atoms with E-state index in [1.807, 2.05) is 0 Å². The molecule has 2 bridgehead atoms. The van der Waals surface area contributed by atoms with Crippen molar-refractivity contribution < 1.29 is 18.7 Å². The highest BCUT2D eigenvalue weighted by molar-refractivity contribution is 14.1. The largest absolute Gasteiger partial charge is 0.486 e. The number of hydrogen-bond acceptors (Lipinski definition) is 4. The number of fused-ring (bicyclic) bond motifs is 1. The highest BCUT2D eigenvalue weighted by Gasteiger charge is 2.35. The van der Waals surface area contributed by atoms with Crippen molar-refractivity contribution in [1.29, 1.82) is 0 Å². The highest BCUT2D eigenvalue weighted by atomic mass is 127. The van der Waals surface area contributed by atoms with Crippen LogP contribution in [0.4, 0.5) is 0 Å². The van der Waals surface area contributed by atoms with E-state index in [9.17, 15) is 4.79 Å². The first-order valence-electron chi connectivity index (χ1n) is 4.61. The number of hydrogen-bond donors (Lipinski definition) is 0. The Labute approximate surface area is 99.0 Å². The third-order valence-corrected chi connectivity index (χ3v) is 3.07. The molecule has 4 nitrogen and oxygen atoms in total. The molecule has 0 saturated carbocycles. The van der Waals surface area contributed by atoms with Gasteiger partial charge in [-0.05, 0) is 6.42 Å². The maximum atomic E-state index is 11.3. The summed E-state index contributed by atoms with van der Waals surface area (Å²) >= 11 is 2.29. The van der Waals surface area contributed by atoms with Gasteiger partial charge in [-0.2, -0.15) is 0 Å². The van der Waals surface area contributed by atoms with Crippen LogP contribution in [0.25, 0.3) is 11.2 Å². The van der Waals surface area contributed by atoms with Crippen LogP contribution in [0.1, 0.15) is 16.8 Å². The molecule has 2 aromatic heterocycles. The third kappa shape index (κ3) is 1.22. The van der Waals surface area contributed by atoms with Crippen LogP contribution in [-0.4, -0.2) is 17.0 Å². The number of ether oxygens (including phenoxy) is 2. The van der Waals surface area contributed by atoms with E-state index < -0.39 is 0 Å². The molecule has 2 aromatic rings. The van der Waals surface area contributed by atoms with Gasteiger partial charge >= 0.3 is 5.97 Å². The van der Waals surface area contributed by atoms with Gasteiger partial charge in [-0.15, -0.1) is 0 Å². The van der Waals surface area contributed by atoms with E-state index in [1.54, 1.807) is 6.07 Å². The second-order valence-corrected chi connectivity index (χ2v) is 4.37. The minimum Gasteiger partial charge on any atom is -0.486 e. The second kappa shape index (κ2) is 3.26. The van der Waals surface area contributed by atoms with Crippen molar-refractivity contribution in [3.05, 3.63) is 11.6 Å². The van der Waals surface area contributed by atoms with E-state index in [0.717, 1.165) is 10.8 Å². The topological polar surface area (TPSA) is 48.7 Å². The molecular formula is C10H7IO4. The van der Waals surface area contributed by atoms with Crippen molar-refractivity contribution in [1.82, 2.24) is 0 Å². The van der Waals surface area contributed by atoms with Gasteiger partial charge in [0.1, 0.15) is 5.56 Å². The van der Waals surface area contributed by atoms with E-state index >= 15 is 0 Å². The van der Waals surface area contributed by atoms with Gasteiger partial charge in [0.2, 0.25) is 11.5 Å². The van der Waals surface area contributed by atoms with Gasteiger partial charge in [-0.1, -0.05) is 22.6 Å². The molecule has 0 N–H and O–H groups in total. The number of benzene rings is 1. The van der Waals surface area contributed by atoms with Gasteiger partial charge < -0.3 is 13.9 Å². The van der Waals surface area contributed by atoms with Gasteiger partial charge in [0.15, 0.2) is 11.2 Å². The Balaban J connectivity index is 1.92. The Morgan fingerprint density at radius 3 is 3.13 bits per heavy atom. The van der Waals surface area contributed by atoms with E-state index in [4.69, 9.17) is 13.9 Å². The second-order valence-electron chi connectivity index (χ2n) is 3.29. The quantitative estimate of drug-likeness (QED) is 0.376. The summed E-state index contributed by atoms with van der Waals surface area (Å²) in [4.78, 5) is 11.3. The van der Waals surface area contributed by atoms with E-state index in [0.29, 0.717) is 34.8 Å². The number of carbonyl (C=O) groups excluding carboxylic acids is 1. The van der Waals surface area contributed by atoms with Crippen molar-refractivity contribution in [2.45, 2.75) is 6.42 Å². The molecule has 3 rings (SSSR count). The Kier molecular flexibility index (Phi) is 2.01. The van der Waals surface area contributed by atoms with Gasteiger partial charge in [0, 0.05) is 10.5 Å². The third-order valence-electron chi connectivity index (χ3n) is 2.31. The van der Waals surface area contributed by atoms with Crippen molar-refractivity contribution in [3.8, 4) is 11.5 Å². The number of carbonyl (C=O) groups is 1. The molecule has 0 spiro atoms. The average Bonchev–Trinajstić information content (AvgIpc) is 2.81. The van der Waals surface area contributed by atoms with Crippen molar-refractivity contribution in [2.24, 2.45) is 0 Å². The van der Waals surface area contributed by atoms with Crippen LogP contribution in [0.2, 0.25) is 0 Å². The fourth-order valence-electron chi connectivity index (χ4n) is 1.64. The molecule has 0 saturated heterocycles. The van der Waals surface area contributed by atoms with Crippen LogP contribution in [0.3, 0.4) is 0 Å². The minimum absolute atomic E-state index is 0.345. The highest BCUT2D eigenvalue weighted by Crippen LogP contribution is 2.48. The Morgan fingerprint density at radius 1 is 1.47 bits per heavy atom. The normalized spacial score (nSPS) is 13.8. The summed E-state index contributed by atoms with van der Waals surface area (Å²) in [6.45, 7) is 0.614. The lowest BCUT2D eigenvalue weighted by molar-refractivity contribution is 0.0750. The van der Waals surface area contributed by atoms with Gasteiger partial charge in [-0.3, -0.25) is 0 Å². The molecule has 0 fully saturated rings. The van der Waals surface area contributed by atoms with Crippen LogP contribution < -0.4 is 9.47 Å². The predicted octanol–water partition coefficient (Wildman–Crippen LogP) is 2.61. The summed E-state index contributed by atoms with van der Waals surface area (Å²) in [5.41, 5.74) is 1.65. The number of halogens is 1. The summed E-state index contributed by atoms with van der Waals surface area (Å²) < 4.78 is 17.0. The molecule has 5 heteroatoms. The van der Waals surface area contributed by atoms with Gasteiger partial charge in [0.25, 0.3) is 0 Å². The van der Waals surface area contributed by atoms with Crippen LogP contribution in [0, 0.1) is 0 Å². The van der Waals surface area contributed by atoms with Gasteiger partial charge in [0.05, 0.1) is 6.61 Å². The van der Waals surface area contributed by atoms with Crippen molar-refractivity contribution in [3.63, 3.8) is 0 Å². The van der Waals surface area contributed by atoms with Gasteiger partial charge in [-0.25, -0.2) is 4.79 Å². The molecule has 0 unspecified atom stereocenters. The maximum Gasteiger partial charge on any atom is 0.347 e. The first-order chi connectivity index (χ1) is 7.31. The smallest absolute Gasteiger partial charge is 0.347 e. The summed E-state index contributed by atoms with van der Waals surface area (Å²) in [5.74, 6) is 0.688. The molecule has 15 heavy (non-hydrogen) atoms. The summed E-state index contributed by atoms with van der Waals surface area (Å²) in [5, 5.41) is 0. The zero-order valence-corrected chi connectivity index (χ0v) is 9.87. The molecular weight excluding hydrogens is 311 g/mol. The zero-order chi connectivity index (χ0) is 10.4. The van der Waals surface area contributed by atoms with Crippen molar-refractivity contribution >= 4 is 39.7 Å². The fraction of sp³-hybridized carbons (Fsp3) is 0.300. The molecule has 0 aliphatic carbocycles. The molecule has 1 aliphatic heterocycles. The molecule has 0 atom stereocenters. The van der Waals surface area contributed by atoms with E-state index in [1.165, 1.54) is 0 Å².